The van der Waals surface area contributed by atoms with Gasteiger partial charge in [0.15, 0.2) is 0 Å². The van der Waals surface area contributed by atoms with Crippen molar-refractivity contribution in [2.75, 3.05) is 6.61 Å². The second-order valence-electron chi connectivity index (χ2n) is 5.84. The molecule has 3 heteroatoms. The van der Waals surface area contributed by atoms with Crippen molar-refractivity contribution in [1.82, 2.24) is 0 Å². The van der Waals surface area contributed by atoms with Crippen LogP contribution in [0.15, 0.2) is 54.6 Å². The maximum absolute atomic E-state index is 12.0. The van der Waals surface area contributed by atoms with E-state index in [-0.39, 0.29) is 5.97 Å². The number of benzene rings is 2. The molecule has 0 amide bonds. The van der Waals surface area contributed by atoms with Gasteiger partial charge in [-0.1, -0.05) is 30.3 Å². The van der Waals surface area contributed by atoms with Crippen molar-refractivity contribution in [3.63, 3.8) is 0 Å². The van der Waals surface area contributed by atoms with Crippen molar-refractivity contribution in [1.29, 1.82) is 0 Å². The molecule has 0 atom stereocenters. The van der Waals surface area contributed by atoms with Gasteiger partial charge in [0.05, 0.1) is 12.0 Å². The summed E-state index contributed by atoms with van der Waals surface area (Å²) in [7, 11) is 0. The monoisotopic (exact) mass is 298 g/mol. The van der Waals surface area contributed by atoms with Crippen LogP contribution in [0.3, 0.4) is 0 Å². The van der Waals surface area contributed by atoms with E-state index < -0.39 is 5.41 Å². The summed E-state index contributed by atoms with van der Waals surface area (Å²) in [5.74, 6) is 1.39. The zero-order valence-electron chi connectivity index (χ0n) is 13.3. The van der Waals surface area contributed by atoms with Gasteiger partial charge in [0, 0.05) is 0 Å². The second-order valence-corrected chi connectivity index (χ2v) is 5.84. The first-order valence-corrected chi connectivity index (χ1v) is 7.50. The lowest BCUT2D eigenvalue weighted by Crippen LogP contribution is -2.28. The Morgan fingerprint density at radius 2 is 1.68 bits per heavy atom. The summed E-state index contributed by atoms with van der Waals surface area (Å²) in [5, 5.41) is 0. The topological polar surface area (TPSA) is 35.5 Å². The van der Waals surface area contributed by atoms with Crippen LogP contribution in [0.5, 0.6) is 11.5 Å². The van der Waals surface area contributed by atoms with Gasteiger partial charge in [-0.05, 0) is 57.0 Å². The molecule has 0 saturated carbocycles. The summed E-state index contributed by atoms with van der Waals surface area (Å²) in [5.41, 5.74) is 0.493. The van der Waals surface area contributed by atoms with Crippen LogP contribution >= 0.6 is 0 Å². The lowest BCUT2D eigenvalue weighted by atomic mass is 9.86. The summed E-state index contributed by atoms with van der Waals surface area (Å²) in [6.45, 7) is 6.02. The molecule has 0 saturated heterocycles. The van der Waals surface area contributed by atoms with Crippen molar-refractivity contribution in [3.05, 3.63) is 60.2 Å². The van der Waals surface area contributed by atoms with Gasteiger partial charge < -0.3 is 9.47 Å². The molecule has 2 aromatic rings. The predicted octanol–water partition coefficient (Wildman–Crippen LogP) is 4.61. The normalized spacial score (nSPS) is 11.0. The standard InChI is InChI=1S/C19H22O3/c1-4-21-18(20)19(2,3)14-15-9-8-12-17(13-15)22-16-10-6-5-7-11-16/h5-13H,4,14H2,1-3H3. The average molecular weight is 298 g/mol. The molecule has 3 nitrogen and oxygen atoms in total. The second kappa shape index (κ2) is 7.12. The van der Waals surface area contributed by atoms with Crippen LogP contribution in [-0.2, 0) is 16.0 Å². The molecule has 0 fully saturated rings. The lowest BCUT2D eigenvalue weighted by molar-refractivity contribution is -0.153. The van der Waals surface area contributed by atoms with Gasteiger partial charge in [-0.25, -0.2) is 0 Å². The quantitative estimate of drug-likeness (QED) is 0.730. The van der Waals surface area contributed by atoms with E-state index in [0.29, 0.717) is 13.0 Å². The number of ether oxygens (including phenoxy) is 2. The molecule has 0 radical (unpaired) electrons. The summed E-state index contributed by atoms with van der Waals surface area (Å²) >= 11 is 0. The van der Waals surface area contributed by atoms with Crippen LogP contribution in [0.2, 0.25) is 0 Å². The van der Waals surface area contributed by atoms with Crippen LogP contribution in [0.1, 0.15) is 26.3 Å². The third kappa shape index (κ3) is 4.35. The van der Waals surface area contributed by atoms with Crippen LogP contribution in [0, 0.1) is 5.41 Å². The van der Waals surface area contributed by atoms with Crippen LogP contribution in [0.25, 0.3) is 0 Å². The van der Waals surface area contributed by atoms with Gasteiger partial charge >= 0.3 is 5.97 Å². The largest absolute Gasteiger partial charge is 0.466 e. The number of hydrogen-bond donors (Lipinski definition) is 0. The molecule has 116 valence electrons. The number of hydrogen-bond acceptors (Lipinski definition) is 3. The highest BCUT2D eigenvalue weighted by molar-refractivity contribution is 5.76. The van der Waals surface area contributed by atoms with Crippen LogP contribution in [-0.4, -0.2) is 12.6 Å². The molecule has 0 heterocycles. The highest BCUT2D eigenvalue weighted by Crippen LogP contribution is 2.27. The van der Waals surface area contributed by atoms with E-state index in [1.54, 1.807) is 0 Å². The van der Waals surface area contributed by atoms with Gasteiger partial charge in [-0.2, -0.15) is 0 Å². The van der Waals surface area contributed by atoms with Crippen molar-refractivity contribution >= 4 is 5.97 Å². The number of carbonyl (C=O) groups is 1. The predicted molar refractivity (Wildman–Crippen MR) is 87.1 cm³/mol. The Kier molecular flexibility index (Phi) is 5.21. The molecule has 0 bridgehead atoms. The number of para-hydroxylation sites is 1. The van der Waals surface area contributed by atoms with Gasteiger partial charge in [-0.15, -0.1) is 0 Å². The van der Waals surface area contributed by atoms with E-state index in [9.17, 15) is 4.79 Å². The van der Waals surface area contributed by atoms with Gasteiger partial charge in [0.2, 0.25) is 0 Å². The Hall–Kier alpha value is -2.29. The average Bonchev–Trinajstić information content (AvgIpc) is 2.48. The van der Waals surface area contributed by atoms with E-state index in [4.69, 9.17) is 9.47 Å². The summed E-state index contributed by atoms with van der Waals surface area (Å²) in [6, 6.07) is 17.5. The van der Waals surface area contributed by atoms with Crippen molar-refractivity contribution < 1.29 is 14.3 Å². The fourth-order valence-electron chi connectivity index (χ4n) is 2.25. The van der Waals surface area contributed by atoms with Gasteiger partial charge in [0.1, 0.15) is 11.5 Å². The van der Waals surface area contributed by atoms with Crippen LogP contribution in [0.4, 0.5) is 0 Å². The first-order valence-electron chi connectivity index (χ1n) is 7.50. The van der Waals surface area contributed by atoms with Crippen LogP contribution < -0.4 is 4.74 Å². The first-order chi connectivity index (χ1) is 10.5. The molecule has 2 aromatic carbocycles. The minimum atomic E-state index is -0.554. The van der Waals surface area contributed by atoms with Crippen molar-refractivity contribution in [2.24, 2.45) is 5.41 Å². The minimum absolute atomic E-state index is 0.176. The van der Waals surface area contributed by atoms with E-state index >= 15 is 0 Å². The van der Waals surface area contributed by atoms with E-state index in [0.717, 1.165) is 17.1 Å². The van der Waals surface area contributed by atoms with E-state index in [1.165, 1.54) is 0 Å². The lowest BCUT2D eigenvalue weighted by Gasteiger charge is -2.22. The zero-order valence-corrected chi connectivity index (χ0v) is 13.3. The number of esters is 1. The Morgan fingerprint density at radius 1 is 1.00 bits per heavy atom. The highest BCUT2D eigenvalue weighted by atomic mass is 16.5. The Balaban J connectivity index is 2.10. The highest BCUT2D eigenvalue weighted by Gasteiger charge is 2.29. The van der Waals surface area contributed by atoms with Gasteiger partial charge in [0.25, 0.3) is 0 Å². The Bertz CT molecular complexity index is 618. The SMILES string of the molecule is CCOC(=O)C(C)(C)Cc1cccc(Oc2ccccc2)c1. The molecule has 22 heavy (non-hydrogen) atoms. The molecular formula is C19H22O3. The van der Waals surface area contributed by atoms with Crippen molar-refractivity contribution in [2.45, 2.75) is 27.2 Å². The maximum atomic E-state index is 12.0. The molecule has 2 rings (SSSR count). The summed E-state index contributed by atoms with van der Waals surface area (Å²) in [4.78, 5) is 12.0. The molecule has 0 aliphatic rings. The fourth-order valence-corrected chi connectivity index (χ4v) is 2.25. The third-order valence-electron chi connectivity index (χ3n) is 3.35. The van der Waals surface area contributed by atoms with Gasteiger partial charge in [-0.3, -0.25) is 4.79 Å². The fraction of sp³-hybridized carbons (Fsp3) is 0.316. The third-order valence-corrected chi connectivity index (χ3v) is 3.35. The molecule has 0 N–H and O–H groups in total. The molecule has 0 aliphatic carbocycles. The smallest absolute Gasteiger partial charge is 0.311 e. The zero-order chi connectivity index (χ0) is 16.0. The Morgan fingerprint density at radius 3 is 2.36 bits per heavy atom. The number of rotatable bonds is 6. The first kappa shape index (κ1) is 16.1. The molecule has 0 unspecified atom stereocenters. The molecule has 0 spiro atoms. The molecular weight excluding hydrogens is 276 g/mol. The van der Waals surface area contributed by atoms with Crippen molar-refractivity contribution in [3.8, 4) is 11.5 Å². The molecule has 0 aromatic heterocycles. The van der Waals surface area contributed by atoms with E-state index in [2.05, 4.69) is 0 Å². The van der Waals surface area contributed by atoms with E-state index in [1.807, 2.05) is 75.4 Å². The Labute approximate surface area is 131 Å². The minimum Gasteiger partial charge on any atom is -0.466 e. The molecule has 0 aliphatic heterocycles. The summed E-state index contributed by atoms with van der Waals surface area (Å²) < 4.78 is 11.0. The number of carbonyl (C=O) groups excluding carboxylic acids is 1. The summed E-state index contributed by atoms with van der Waals surface area (Å²) in [6.07, 6.45) is 0.609. The maximum Gasteiger partial charge on any atom is 0.311 e.